The van der Waals surface area contributed by atoms with E-state index in [1.54, 1.807) is 35.5 Å². The zero-order chi connectivity index (χ0) is 30.6. The number of likely N-dealkylation sites (N-methyl/N-ethyl adjacent to an activating group) is 1. The lowest BCUT2D eigenvalue weighted by molar-refractivity contribution is -0.0177. The van der Waals surface area contributed by atoms with Crippen molar-refractivity contribution in [2.45, 2.75) is 84.7 Å². The van der Waals surface area contributed by atoms with Gasteiger partial charge in [-0.05, 0) is 89.9 Å². The predicted octanol–water partition coefficient (Wildman–Crippen LogP) is 4.54. The molecule has 1 aromatic carbocycles. The average molecular weight is 584 g/mol. The minimum atomic E-state index is -0.436. The van der Waals surface area contributed by atoms with Crippen LogP contribution in [0.15, 0.2) is 42.7 Å². The highest BCUT2D eigenvalue weighted by Crippen LogP contribution is 2.28. The van der Waals surface area contributed by atoms with Crippen LogP contribution in [0.4, 0.5) is 10.5 Å². The van der Waals surface area contributed by atoms with E-state index in [2.05, 4.69) is 34.5 Å². The summed E-state index contributed by atoms with van der Waals surface area (Å²) in [5.41, 5.74) is 2.01. The second-order valence-corrected chi connectivity index (χ2v) is 11.8. The van der Waals surface area contributed by atoms with Crippen LogP contribution in [0.25, 0.3) is 0 Å². The largest absolute Gasteiger partial charge is 0.490 e. The van der Waals surface area contributed by atoms with Gasteiger partial charge in [0.15, 0.2) is 0 Å². The number of fused-ring (bicyclic) bond motifs is 1. The molecule has 2 heterocycles. The number of ether oxygens (including phenoxy) is 2. The van der Waals surface area contributed by atoms with Gasteiger partial charge in [0, 0.05) is 56.3 Å². The fourth-order valence-corrected chi connectivity index (χ4v) is 5.06. The Kier molecular flexibility index (Phi) is 13.0. The molecule has 0 saturated carbocycles. The first-order valence-electron chi connectivity index (χ1n) is 15.1. The number of hydrogen-bond acceptors (Lipinski definition) is 7. The number of urea groups is 1. The first-order chi connectivity index (χ1) is 20.1. The fourth-order valence-electron chi connectivity index (χ4n) is 5.06. The van der Waals surface area contributed by atoms with Crippen molar-refractivity contribution >= 4 is 17.6 Å². The summed E-state index contributed by atoms with van der Waals surface area (Å²) in [5.74, 6) is 0.179. The highest BCUT2D eigenvalue weighted by molar-refractivity contribution is 5.99. The maximum atomic E-state index is 14.2. The fraction of sp³-hybridized carbons (Fsp3) is 0.594. The normalized spacial score (nSPS) is 21.3. The summed E-state index contributed by atoms with van der Waals surface area (Å²) in [5, 5.41) is 15.8. The Labute approximate surface area is 250 Å². The van der Waals surface area contributed by atoms with Gasteiger partial charge in [-0.1, -0.05) is 6.92 Å². The summed E-state index contributed by atoms with van der Waals surface area (Å²) in [4.78, 5) is 34.6. The molecule has 0 spiro atoms. The molecule has 3 amide bonds. The van der Waals surface area contributed by atoms with Crippen molar-refractivity contribution in [3.8, 4) is 5.75 Å². The topological polar surface area (TPSA) is 116 Å². The molecule has 0 unspecified atom stereocenters. The lowest BCUT2D eigenvalue weighted by Gasteiger charge is -2.36. The Morgan fingerprint density at radius 1 is 1.17 bits per heavy atom. The number of aliphatic hydroxyl groups excluding tert-OH is 1. The van der Waals surface area contributed by atoms with Gasteiger partial charge in [-0.25, -0.2) is 4.79 Å². The quantitative estimate of drug-likeness (QED) is 0.418. The highest BCUT2D eigenvalue weighted by Gasteiger charge is 2.30. The molecule has 3 N–H and O–H groups in total. The van der Waals surface area contributed by atoms with Crippen LogP contribution in [-0.2, 0) is 11.3 Å². The number of rotatable bonds is 8. The number of nitrogens with zero attached hydrogens (tertiary/aromatic N) is 3. The average Bonchev–Trinajstić information content (AvgIpc) is 2.94. The van der Waals surface area contributed by atoms with E-state index in [0.29, 0.717) is 36.7 Å². The zero-order valence-corrected chi connectivity index (χ0v) is 26.0. The number of carbonyl (C=O) groups excluding carboxylic acids is 2. The van der Waals surface area contributed by atoms with Crippen molar-refractivity contribution in [3.05, 3.63) is 53.9 Å². The Bertz CT molecular complexity index is 1130. The van der Waals surface area contributed by atoms with Crippen LogP contribution in [-0.4, -0.2) is 89.5 Å². The molecule has 42 heavy (non-hydrogen) atoms. The minimum Gasteiger partial charge on any atom is -0.490 e. The first kappa shape index (κ1) is 33.3. The molecule has 1 aliphatic heterocycles. The van der Waals surface area contributed by atoms with E-state index in [1.807, 2.05) is 39.8 Å². The van der Waals surface area contributed by atoms with Gasteiger partial charge in [-0.2, -0.15) is 0 Å². The molecule has 0 radical (unpaired) electrons. The molecule has 0 aliphatic carbocycles. The molecule has 2 aromatic rings. The molecule has 10 nitrogen and oxygen atoms in total. The maximum Gasteiger partial charge on any atom is 0.319 e. The molecule has 0 bridgehead atoms. The lowest BCUT2D eigenvalue weighted by Crippen LogP contribution is -2.47. The molecular formula is C32H49N5O5. The third-order valence-corrected chi connectivity index (χ3v) is 7.42. The first-order valence-corrected chi connectivity index (χ1v) is 15.1. The summed E-state index contributed by atoms with van der Waals surface area (Å²) in [6, 6.07) is 8.34. The van der Waals surface area contributed by atoms with E-state index in [1.165, 1.54) is 5.56 Å². The Hall–Kier alpha value is -3.21. The van der Waals surface area contributed by atoms with Crippen molar-refractivity contribution < 1.29 is 24.2 Å². The summed E-state index contributed by atoms with van der Waals surface area (Å²) >= 11 is 0. The van der Waals surface area contributed by atoms with Crippen LogP contribution in [0.3, 0.4) is 0 Å². The van der Waals surface area contributed by atoms with Crippen molar-refractivity contribution in [3.63, 3.8) is 0 Å². The number of anilines is 1. The van der Waals surface area contributed by atoms with Crippen molar-refractivity contribution in [1.82, 2.24) is 20.1 Å². The monoisotopic (exact) mass is 583 g/mol. The van der Waals surface area contributed by atoms with E-state index in [-0.39, 0.29) is 42.7 Å². The molecule has 0 fully saturated rings. The second kappa shape index (κ2) is 16.4. The van der Waals surface area contributed by atoms with E-state index in [9.17, 15) is 14.7 Å². The number of nitrogens with one attached hydrogen (secondary N) is 2. The summed E-state index contributed by atoms with van der Waals surface area (Å²) < 4.78 is 12.7. The molecule has 10 heteroatoms. The van der Waals surface area contributed by atoms with Crippen LogP contribution in [0.1, 0.15) is 69.8 Å². The zero-order valence-electron chi connectivity index (χ0n) is 26.0. The van der Waals surface area contributed by atoms with Crippen LogP contribution >= 0.6 is 0 Å². The number of hydrogen-bond donors (Lipinski definition) is 3. The van der Waals surface area contributed by atoms with Gasteiger partial charge in [-0.15, -0.1) is 0 Å². The highest BCUT2D eigenvalue weighted by atomic mass is 16.5. The molecular weight excluding hydrogens is 534 g/mol. The van der Waals surface area contributed by atoms with E-state index in [0.717, 1.165) is 25.8 Å². The number of benzene rings is 1. The minimum absolute atomic E-state index is 0.0211. The Morgan fingerprint density at radius 3 is 2.60 bits per heavy atom. The van der Waals surface area contributed by atoms with Gasteiger partial charge in [0.2, 0.25) is 0 Å². The van der Waals surface area contributed by atoms with E-state index >= 15 is 0 Å². The molecule has 1 aromatic heterocycles. The number of pyridine rings is 1. The van der Waals surface area contributed by atoms with Gasteiger partial charge in [0.1, 0.15) is 5.75 Å². The third kappa shape index (κ3) is 10.3. The summed E-state index contributed by atoms with van der Waals surface area (Å²) in [7, 11) is 2.07. The standard InChI is InChI=1S/C32H49N5O5/c1-22(2)34-32(40)35-27-10-11-29-28(17-27)31(39)37(24(4)21-38)18-23(3)30(41-16-8-7-9-25(5)42-29)20-36(6)19-26-12-14-33-15-13-26/h10-15,17,22-25,30,38H,7-9,16,18-21H2,1-6H3,(H2,34,35,40)/t23-,24+,25-,30+/m1/s1. The Balaban J connectivity index is 1.90. The molecule has 3 rings (SSSR count). The van der Waals surface area contributed by atoms with Crippen LogP contribution in [0.2, 0.25) is 0 Å². The van der Waals surface area contributed by atoms with Gasteiger partial charge in [0.25, 0.3) is 5.91 Å². The van der Waals surface area contributed by atoms with E-state index < -0.39 is 6.04 Å². The summed E-state index contributed by atoms with van der Waals surface area (Å²) in [6.07, 6.45) is 6.00. The molecule has 232 valence electrons. The SMILES string of the molecule is CC(C)NC(=O)Nc1ccc2c(c1)C(=O)N([C@@H](C)CO)C[C@@H](C)[C@H](CN(C)Cc1ccncc1)OCCCC[C@@H](C)O2. The Morgan fingerprint density at radius 2 is 1.90 bits per heavy atom. The lowest BCUT2D eigenvalue weighted by atomic mass is 10.0. The van der Waals surface area contributed by atoms with Gasteiger partial charge < -0.3 is 30.1 Å². The number of carbonyl (C=O) groups is 2. The smallest absolute Gasteiger partial charge is 0.319 e. The van der Waals surface area contributed by atoms with Gasteiger partial charge in [0.05, 0.1) is 30.4 Å². The van der Waals surface area contributed by atoms with Crippen LogP contribution in [0.5, 0.6) is 5.75 Å². The van der Waals surface area contributed by atoms with Crippen LogP contribution in [0, 0.1) is 5.92 Å². The van der Waals surface area contributed by atoms with Crippen LogP contribution < -0.4 is 15.4 Å². The molecule has 4 atom stereocenters. The van der Waals surface area contributed by atoms with Crippen molar-refractivity contribution in [2.75, 3.05) is 38.7 Å². The molecule has 0 saturated heterocycles. The third-order valence-electron chi connectivity index (χ3n) is 7.42. The summed E-state index contributed by atoms with van der Waals surface area (Å²) in [6.45, 7) is 11.9. The van der Waals surface area contributed by atoms with Crippen molar-refractivity contribution in [2.24, 2.45) is 5.92 Å². The number of aromatic nitrogens is 1. The van der Waals surface area contributed by atoms with Crippen molar-refractivity contribution in [1.29, 1.82) is 0 Å². The number of aliphatic hydroxyl groups is 1. The van der Waals surface area contributed by atoms with Gasteiger partial charge >= 0.3 is 6.03 Å². The molecule has 1 aliphatic rings. The second-order valence-electron chi connectivity index (χ2n) is 11.8. The predicted molar refractivity (Wildman–Crippen MR) is 165 cm³/mol. The number of amides is 3. The maximum absolute atomic E-state index is 14.2. The van der Waals surface area contributed by atoms with E-state index in [4.69, 9.17) is 9.47 Å². The van der Waals surface area contributed by atoms with Gasteiger partial charge in [-0.3, -0.25) is 14.7 Å².